The molecule has 3 rings (SSSR count). The van der Waals surface area contributed by atoms with E-state index in [2.05, 4.69) is 22.3 Å². The smallest absolute Gasteiger partial charge is 0.244 e. The molecule has 0 aliphatic carbocycles. The van der Waals surface area contributed by atoms with E-state index in [1.807, 2.05) is 12.1 Å². The Morgan fingerprint density at radius 2 is 1.81 bits per heavy atom. The lowest BCUT2D eigenvalue weighted by molar-refractivity contribution is -0.116. The fraction of sp³-hybridized carbons (Fsp3) is 0.286. The summed E-state index contributed by atoms with van der Waals surface area (Å²) in [5.41, 5.74) is 2.53. The molecule has 0 atom stereocenters. The van der Waals surface area contributed by atoms with Gasteiger partial charge in [-0.2, -0.15) is 0 Å². The molecule has 2 aromatic carbocycles. The monoisotopic (exact) mass is 372 g/mol. The summed E-state index contributed by atoms with van der Waals surface area (Å²) in [4.78, 5) is 14.4. The van der Waals surface area contributed by atoms with E-state index in [-0.39, 0.29) is 16.5 Å². The van der Waals surface area contributed by atoms with Crippen molar-refractivity contribution in [3.05, 3.63) is 76.1 Å². The highest BCUT2D eigenvalue weighted by atomic mass is 35.5. The SMILES string of the molecule is O=C(C=Cc1c(F)cccc1Cl)NCc1ccc(CN2CCCC2)cc1. The van der Waals surface area contributed by atoms with Crippen LogP contribution in [-0.2, 0) is 17.9 Å². The first-order valence-electron chi connectivity index (χ1n) is 8.82. The number of carbonyl (C=O) groups excluding carboxylic acids is 1. The standard InChI is InChI=1S/C21H22ClFN2O/c22-19-4-3-5-20(23)18(19)10-11-21(26)24-14-16-6-8-17(9-7-16)15-25-12-1-2-13-25/h3-11H,1-2,12-15H2,(H,24,26). The average Bonchev–Trinajstić information content (AvgIpc) is 3.14. The molecule has 1 heterocycles. The van der Waals surface area contributed by atoms with Gasteiger partial charge in [0.05, 0.1) is 5.02 Å². The number of amides is 1. The second-order valence-corrected chi connectivity index (χ2v) is 6.89. The van der Waals surface area contributed by atoms with Crippen LogP contribution in [0.4, 0.5) is 4.39 Å². The fourth-order valence-corrected chi connectivity index (χ4v) is 3.26. The maximum Gasteiger partial charge on any atom is 0.244 e. The third kappa shape index (κ3) is 5.16. The highest BCUT2D eigenvalue weighted by molar-refractivity contribution is 6.32. The molecule has 1 aliphatic rings. The predicted octanol–water partition coefficient (Wildman–Crippen LogP) is 4.40. The Balaban J connectivity index is 1.50. The molecule has 26 heavy (non-hydrogen) atoms. The van der Waals surface area contributed by atoms with Gasteiger partial charge in [-0.3, -0.25) is 9.69 Å². The van der Waals surface area contributed by atoms with Crippen LogP contribution in [0.25, 0.3) is 6.08 Å². The number of hydrogen-bond donors (Lipinski definition) is 1. The van der Waals surface area contributed by atoms with Crippen molar-refractivity contribution in [2.45, 2.75) is 25.9 Å². The highest BCUT2D eigenvalue weighted by Crippen LogP contribution is 2.20. The molecule has 0 saturated carbocycles. The van der Waals surface area contributed by atoms with E-state index >= 15 is 0 Å². The van der Waals surface area contributed by atoms with E-state index in [4.69, 9.17) is 11.6 Å². The Morgan fingerprint density at radius 3 is 2.50 bits per heavy atom. The van der Waals surface area contributed by atoms with Crippen LogP contribution in [-0.4, -0.2) is 23.9 Å². The maximum absolute atomic E-state index is 13.7. The van der Waals surface area contributed by atoms with Gasteiger partial charge < -0.3 is 5.32 Å². The summed E-state index contributed by atoms with van der Waals surface area (Å²) in [5, 5.41) is 3.08. The highest BCUT2D eigenvalue weighted by Gasteiger charge is 2.11. The molecule has 0 radical (unpaired) electrons. The number of rotatable bonds is 6. The van der Waals surface area contributed by atoms with Gasteiger partial charge in [-0.15, -0.1) is 0 Å². The molecule has 1 amide bonds. The van der Waals surface area contributed by atoms with Crippen molar-refractivity contribution in [1.82, 2.24) is 10.2 Å². The zero-order chi connectivity index (χ0) is 18.4. The minimum absolute atomic E-state index is 0.218. The van der Waals surface area contributed by atoms with Gasteiger partial charge >= 0.3 is 0 Å². The van der Waals surface area contributed by atoms with Crippen molar-refractivity contribution >= 4 is 23.6 Å². The largest absolute Gasteiger partial charge is 0.348 e. The summed E-state index contributed by atoms with van der Waals surface area (Å²) in [5.74, 6) is -0.736. The van der Waals surface area contributed by atoms with Gasteiger partial charge in [0.25, 0.3) is 0 Å². The fourth-order valence-electron chi connectivity index (χ4n) is 3.04. The third-order valence-corrected chi connectivity index (χ3v) is 4.83. The first-order valence-corrected chi connectivity index (χ1v) is 9.20. The van der Waals surface area contributed by atoms with Crippen LogP contribution in [0.3, 0.4) is 0 Å². The molecule has 1 saturated heterocycles. The topological polar surface area (TPSA) is 32.3 Å². The molecule has 2 aromatic rings. The van der Waals surface area contributed by atoms with Gasteiger partial charge in [0, 0.05) is 24.7 Å². The number of nitrogens with zero attached hydrogens (tertiary/aromatic N) is 1. The van der Waals surface area contributed by atoms with Crippen molar-refractivity contribution in [3.8, 4) is 0 Å². The molecular formula is C21H22ClFN2O. The van der Waals surface area contributed by atoms with Crippen molar-refractivity contribution in [2.24, 2.45) is 0 Å². The van der Waals surface area contributed by atoms with Crippen LogP contribution in [0.1, 0.15) is 29.5 Å². The van der Waals surface area contributed by atoms with Crippen molar-refractivity contribution in [1.29, 1.82) is 0 Å². The van der Waals surface area contributed by atoms with E-state index in [9.17, 15) is 9.18 Å². The molecule has 0 unspecified atom stereocenters. The van der Waals surface area contributed by atoms with Crippen LogP contribution >= 0.6 is 11.6 Å². The van der Waals surface area contributed by atoms with E-state index in [1.165, 1.54) is 55.8 Å². The minimum atomic E-state index is -0.449. The summed E-state index contributed by atoms with van der Waals surface area (Å²) in [6.45, 7) is 3.77. The summed E-state index contributed by atoms with van der Waals surface area (Å²) in [6, 6.07) is 12.7. The normalized spacial score (nSPS) is 14.8. The lowest BCUT2D eigenvalue weighted by Crippen LogP contribution is -2.20. The second-order valence-electron chi connectivity index (χ2n) is 6.49. The van der Waals surface area contributed by atoms with Gasteiger partial charge in [-0.25, -0.2) is 4.39 Å². The average molecular weight is 373 g/mol. The summed E-state index contributed by atoms with van der Waals surface area (Å²) < 4.78 is 13.7. The molecular weight excluding hydrogens is 351 g/mol. The zero-order valence-corrected chi connectivity index (χ0v) is 15.3. The number of carbonyl (C=O) groups is 1. The van der Waals surface area contributed by atoms with E-state index in [1.54, 1.807) is 6.07 Å². The first-order chi connectivity index (χ1) is 12.6. The van der Waals surface area contributed by atoms with E-state index in [0.29, 0.717) is 6.54 Å². The minimum Gasteiger partial charge on any atom is -0.348 e. The molecule has 3 nitrogen and oxygen atoms in total. The van der Waals surface area contributed by atoms with Gasteiger partial charge in [0.1, 0.15) is 5.82 Å². The molecule has 0 bridgehead atoms. The Morgan fingerprint density at radius 1 is 1.12 bits per heavy atom. The Hall–Kier alpha value is -2.17. The molecule has 0 aromatic heterocycles. The number of likely N-dealkylation sites (tertiary alicyclic amines) is 1. The van der Waals surface area contributed by atoms with Gasteiger partial charge in [-0.05, 0) is 55.3 Å². The molecule has 136 valence electrons. The maximum atomic E-state index is 13.7. The Bertz CT molecular complexity index is 763. The van der Waals surface area contributed by atoms with Gasteiger partial charge in [0.15, 0.2) is 0 Å². The van der Waals surface area contributed by atoms with Gasteiger partial charge in [0.2, 0.25) is 5.91 Å². The van der Waals surface area contributed by atoms with Crippen LogP contribution in [0.5, 0.6) is 0 Å². The lowest BCUT2D eigenvalue weighted by atomic mass is 10.1. The number of halogens is 2. The Kier molecular flexibility index (Phi) is 6.42. The number of nitrogens with one attached hydrogen (secondary N) is 1. The van der Waals surface area contributed by atoms with Crippen LogP contribution < -0.4 is 5.32 Å². The van der Waals surface area contributed by atoms with Crippen molar-refractivity contribution in [2.75, 3.05) is 13.1 Å². The zero-order valence-electron chi connectivity index (χ0n) is 14.6. The predicted molar refractivity (Wildman–Crippen MR) is 103 cm³/mol. The van der Waals surface area contributed by atoms with Crippen LogP contribution in [0.15, 0.2) is 48.5 Å². The molecule has 0 spiro atoms. The van der Waals surface area contributed by atoms with Crippen molar-refractivity contribution < 1.29 is 9.18 Å². The number of hydrogen-bond acceptors (Lipinski definition) is 2. The molecule has 1 aliphatic heterocycles. The van der Waals surface area contributed by atoms with Crippen LogP contribution in [0.2, 0.25) is 5.02 Å². The number of benzene rings is 2. The quantitative estimate of drug-likeness (QED) is 0.762. The summed E-state index contributed by atoms with van der Waals surface area (Å²) in [6.07, 6.45) is 5.27. The second kappa shape index (κ2) is 8.97. The van der Waals surface area contributed by atoms with E-state index in [0.717, 1.165) is 12.1 Å². The van der Waals surface area contributed by atoms with Crippen molar-refractivity contribution in [3.63, 3.8) is 0 Å². The summed E-state index contributed by atoms with van der Waals surface area (Å²) in [7, 11) is 0. The molecule has 5 heteroatoms. The van der Waals surface area contributed by atoms with E-state index < -0.39 is 5.82 Å². The van der Waals surface area contributed by atoms with Crippen LogP contribution in [0, 0.1) is 5.82 Å². The molecule has 1 N–H and O–H groups in total. The molecule has 1 fully saturated rings. The summed E-state index contributed by atoms with van der Waals surface area (Å²) >= 11 is 5.94. The Labute approximate surface area is 158 Å². The first kappa shape index (κ1) is 18.6. The lowest BCUT2D eigenvalue weighted by Gasteiger charge is -2.14. The van der Waals surface area contributed by atoms with Gasteiger partial charge in [-0.1, -0.05) is 41.9 Å². The third-order valence-electron chi connectivity index (χ3n) is 4.50.